The number of para-hydroxylation sites is 2. The van der Waals surface area contributed by atoms with Crippen molar-refractivity contribution in [3.05, 3.63) is 241 Å². The van der Waals surface area contributed by atoms with Crippen molar-refractivity contribution in [2.24, 2.45) is 4.99 Å². The molecule has 0 bridgehead atoms. The van der Waals surface area contributed by atoms with E-state index in [2.05, 4.69) is 205 Å². The van der Waals surface area contributed by atoms with Crippen molar-refractivity contribution in [2.75, 3.05) is 0 Å². The highest BCUT2D eigenvalue weighted by molar-refractivity contribution is 6.21. The molecule has 3 nitrogen and oxygen atoms in total. The average Bonchev–Trinajstić information content (AvgIpc) is 3.67. The van der Waals surface area contributed by atoms with E-state index in [1.54, 1.807) is 0 Å². The number of allylic oxidation sites excluding steroid dienone is 1. The number of nitrogens with zero attached hydrogens (tertiary/aromatic N) is 2. The van der Waals surface area contributed by atoms with Crippen LogP contribution < -0.4 is 0 Å². The monoisotopic (exact) mass is 777 g/mol. The Bertz CT molecular complexity index is 3520. The number of fused-ring (bicyclic) bond motifs is 7. The van der Waals surface area contributed by atoms with Crippen molar-refractivity contribution in [1.82, 2.24) is 4.57 Å². The zero-order valence-electron chi connectivity index (χ0n) is 33.3. The second-order valence-electron chi connectivity index (χ2n) is 15.5. The predicted molar refractivity (Wildman–Crippen MR) is 259 cm³/mol. The molecule has 0 atom stereocenters. The first-order valence-corrected chi connectivity index (χ1v) is 20.7. The highest BCUT2D eigenvalue weighted by Crippen LogP contribution is 2.41. The molecule has 0 aliphatic heterocycles. The summed E-state index contributed by atoms with van der Waals surface area (Å²) in [5, 5.41) is 19.0. The van der Waals surface area contributed by atoms with Crippen molar-refractivity contribution < 1.29 is 0 Å². The third-order valence-electron chi connectivity index (χ3n) is 11.9. The Morgan fingerprint density at radius 1 is 0.443 bits per heavy atom. The van der Waals surface area contributed by atoms with Crippen molar-refractivity contribution in [3.63, 3.8) is 0 Å². The summed E-state index contributed by atoms with van der Waals surface area (Å²) in [5.41, 5.74) is 11.7. The van der Waals surface area contributed by atoms with Gasteiger partial charge in [-0.2, -0.15) is 0 Å². The molecule has 0 fully saturated rings. The van der Waals surface area contributed by atoms with Gasteiger partial charge in [0.25, 0.3) is 0 Å². The molecule has 0 aliphatic carbocycles. The second kappa shape index (κ2) is 15.2. The van der Waals surface area contributed by atoms with Crippen LogP contribution in [0.3, 0.4) is 0 Å². The zero-order chi connectivity index (χ0) is 40.7. The zero-order valence-corrected chi connectivity index (χ0v) is 33.3. The van der Waals surface area contributed by atoms with Crippen molar-refractivity contribution in [3.8, 4) is 27.9 Å². The summed E-state index contributed by atoms with van der Waals surface area (Å²) in [6.45, 7) is 0. The average molecular weight is 778 g/mol. The van der Waals surface area contributed by atoms with Gasteiger partial charge in [-0.3, -0.25) is 4.99 Å². The van der Waals surface area contributed by atoms with E-state index in [0.717, 1.165) is 71.8 Å². The highest BCUT2D eigenvalue weighted by Gasteiger charge is 2.19. The van der Waals surface area contributed by atoms with Crippen LogP contribution in [0.25, 0.3) is 87.8 Å². The fourth-order valence-corrected chi connectivity index (χ4v) is 9.05. The quantitative estimate of drug-likeness (QED) is 0.0907. The molecule has 1 N–H and O–H groups in total. The molecule has 11 rings (SSSR count). The van der Waals surface area contributed by atoms with Gasteiger partial charge in [0.15, 0.2) is 0 Å². The van der Waals surface area contributed by atoms with Gasteiger partial charge >= 0.3 is 0 Å². The van der Waals surface area contributed by atoms with Gasteiger partial charge in [-0.25, -0.2) is 0 Å². The SMILES string of the molecule is N=C(/C=C(\N=Cc1c2ccccc2cc2c1ccc1ccccc12)c1ccccc1-c1cccc2c1c1ccccc1n2-c1ccccc1)c1ccc(-c2ccccc2)cc1. The van der Waals surface area contributed by atoms with Gasteiger partial charge in [0.1, 0.15) is 0 Å². The maximum Gasteiger partial charge on any atom is 0.0729 e. The van der Waals surface area contributed by atoms with E-state index in [1.165, 1.54) is 26.9 Å². The molecule has 1 heterocycles. The van der Waals surface area contributed by atoms with Crippen LogP contribution >= 0.6 is 0 Å². The normalized spacial score (nSPS) is 12.0. The number of aliphatic imine (C=N–C) groups is 1. The maximum absolute atomic E-state index is 9.58. The van der Waals surface area contributed by atoms with Crippen molar-refractivity contribution >= 4 is 71.7 Å². The van der Waals surface area contributed by atoms with Crippen LogP contribution in [0, 0.1) is 5.41 Å². The smallest absolute Gasteiger partial charge is 0.0729 e. The Morgan fingerprint density at radius 2 is 1.07 bits per heavy atom. The fourth-order valence-electron chi connectivity index (χ4n) is 9.05. The lowest BCUT2D eigenvalue weighted by molar-refractivity contribution is 1.18. The highest BCUT2D eigenvalue weighted by atomic mass is 15.0. The molecule has 0 amide bonds. The summed E-state index contributed by atoms with van der Waals surface area (Å²) in [7, 11) is 0. The number of nitrogens with one attached hydrogen (secondary N) is 1. The van der Waals surface area contributed by atoms with E-state index in [-0.39, 0.29) is 0 Å². The minimum Gasteiger partial charge on any atom is -0.309 e. The summed E-state index contributed by atoms with van der Waals surface area (Å²) < 4.78 is 2.36. The number of benzene rings is 10. The summed E-state index contributed by atoms with van der Waals surface area (Å²) >= 11 is 0. The van der Waals surface area contributed by atoms with Crippen LogP contribution in [0.2, 0.25) is 0 Å². The van der Waals surface area contributed by atoms with Gasteiger partial charge in [-0.1, -0.05) is 188 Å². The molecule has 0 unspecified atom stereocenters. The molecule has 0 aliphatic rings. The molecule has 11 aromatic rings. The Morgan fingerprint density at radius 3 is 1.89 bits per heavy atom. The lowest BCUT2D eigenvalue weighted by Gasteiger charge is -2.14. The summed E-state index contributed by atoms with van der Waals surface area (Å²) in [5.74, 6) is 0. The Balaban J connectivity index is 1.13. The Hall–Kier alpha value is -8.14. The standard InChI is InChI=1S/C58H39N3/c59-54(42-32-30-40(31-33-42)39-16-3-1-4-17-39)37-55(60-38-53-46-23-10-8-19-43(46)36-52-45-22-9-7-18-41(45)34-35-48(52)53)49-25-12-11-24-47(49)50-27-15-29-57-58(50)51-26-13-14-28-56(51)61(57)44-20-5-2-6-21-44/h1-38,59H/b55-37-,59-54?,60-38?. The second-order valence-corrected chi connectivity index (χ2v) is 15.5. The first kappa shape index (κ1) is 36.0. The summed E-state index contributed by atoms with van der Waals surface area (Å²) in [6, 6.07) is 76.9. The number of aromatic nitrogens is 1. The number of rotatable bonds is 8. The molecule has 61 heavy (non-hydrogen) atoms. The van der Waals surface area contributed by atoms with Gasteiger partial charge < -0.3 is 9.98 Å². The summed E-state index contributed by atoms with van der Waals surface area (Å²) in [6.07, 6.45) is 3.96. The van der Waals surface area contributed by atoms with E-state index in [4.69, 9.17) is 4.99 Å². The van der Waals surface area contributed by atoms with E-state index in [0.29, 0.717) is 11.4 Å². The third kappa shape index (κ3) is 6.41. The first-order chi connectivity index (χ1) is 30.2. The van der Waals surface area contributed by atoms with Crippen LogP contribution in [0.5, 0.6) is 0 Å². The lowest BCUT2D eigenvalue weighted by Crippen LogP contribution is -1.98. The first-order valence-electron chi connectivity index (χ1n) is 20.7. The molecule has 3 heteroatoms. The van der Waals surface area contributed by atoms with Gasteiger partial charge in [0.05, 0.1) is 22.4 Å². The van der Waals surface area contributed by atoms with Crippen molar-refractivity contribution in [1.29, 1.82) is 5.41 Å². The lowest BCUT2D eigenvalue weighted by atomic mass is 9.92. The van der Waals surface area contributed by atoms with Crippen LogP contribution in [0.15, 0.2) is 229 Å². The van der Waals surface area contributed by atoms with E-state index in [9.17, 15) is 5.41 Å². The fraction of sp³-hybridized carbons (Fsp3) is 0. The molecule has 286 valence electrons. The summed E-state index contributed by atoms with van der Waals surface area (Å²) in [4.78, 5) is 5.45. The Kier molecular flexibility index (Phi) is 8.98. The Labute approximate surface area is 354 Å². The molecule has 0 saturated heterocycles. The molecule has 0 spiro atoms. The van der Waals surface area contributed by atoms with Crippen LogP contribution in [-0.4, -0.2) is 16.5 Å². The molecule has 10 aromatic carbocycles. The maximum atomic E-state index is 9.58. The number of hydrogen-bond acceptors (Lipinski definition) is 2. The molecule has 1 aromatic heterocycles. The minimum absolute atomic E-state index is 0.384. The van der Waals surface area contributed by atoms with Crippen LogP contribution in [-0.2, 0) is 0 Å². The van der Waals surface area contributed by atoms with Gasteiger partial charge in [0, 0.05) is 33.8 Å². The molecular weight excluding hydrogens is 739 g/mol. The van der Waals surface area contributed by atoms with Crippen LogP contribution in [0.1, 0.15) is 16.7 Å². The van der Waals surface area contributed by atoms with Crippen LogP contribution in [0.4, 0.5) is 0 Å². The molecule has 0 radical (unpaired) electrons. The van der Waals surface area contributed by atoms with Gasteiger partial charge in [-0.15, -0.1) is 0 Å². The predicted octanol–water partition coefficient (Wildman–Crippen LogP) is 15.1. The number of hydrogen-bond donors (Lipinski definition) is 1. The van der Waals surface area contributed by atoms with E-state index < -0.39 is 0 Å². The minimum atomic E-state index is 0.384. The molecule has 0 saturated carbocycles. The van der Waals surface area contributed by atoms with Gasteiger partial charge in [0.2, 0.25) is 0 Å². The molecular formula is C58H39N3. The van der Waals surface area contributed by atoms with Gasteiger partial charge in [-0.05, 0) is 96.5 Å². The van der Waals surface area contributed by atoms with Crippen molar-refractivity contribution in [2.45, 2.75) is 0 Å². The largest absolute Gasteiger partial charge is 0.309 e. The third-order valence-corrected chi connectivity index (χ3v) is 11.9. The van der Waals surface area contributed by atoms with E-state index in [1.807, 2.05) is 30.5 Å². The topological polar surface area (TPSA) is 41.1 Å². The van der Waals surface area contributed by atoms with E-state index >= 15 is 0 Å².